The summed E-state index contributed by atoms with van der Waals surface area (Å²) in [5.41, 5.74) is 1.41. The van der Waals surface area contributed by atoms with Crippen molar-refractivity contribution in [3.63, 3.8) is 0 Å². The van der Waals surface area contributed by atoms with Gasteiger partial charge in [0.1, 0.15) is 5.75 Å². The van der Waals surface area contributed by atoms with Gasteiger partial charge in [0.25, 0.3) is 0 Å². The van der Waals surface area contributed by atoms with E-state index >= 15 is 0 Å². The Hall–Kier alpha value is -1.02. The van der Waals surface area contributed by atoms with Gasteiger partial charge in [-0.3, -0.25) is 0 Å². The molecule has 0 bridgehead atoms. The molecule has 0 spiro atoms. The minimum absolute atomic E-state index is 0.672. The summed E-state index contributed by atoms with van der Waals surface area (Å²) in [5.74, 6) is 3.55. The molecule has 0 aromatic heterocycles. The summed E-state index contributed by atoms with van der Waals surface area (Å²) < 4.78 is 5.56. The molecular formula is C20H31NO. The van der Waals surface area contributed by atoms with Gasteiger partial charge in [0.05, 0.1) is 7.11 Å². The number of hydrogen-bond acceptors (Lipinski definition) is 2. The van der Waals surface area contributed by atoms with Crippen LogP contribution in [0.5, 0.6) is 5.75 Å². The van der Waals surface area contributed by atoms with Crippen LogP contribution in [-0.4, -0.2) is 31.1 Å². The topological polar surface area (TPSA) is 12.5 Å². The Balaban J connectivity index is 1.60. The molecular weight excluding hydrogens is 270 g/mol. The molecule has 3 rings (SSSR count). The Morgan fingerprint density at radius 1 is 0.955 bits per heavy atom. The summed E-state index contributed by atoms with van der Waals surface area (Å²) >= 11 is 0. The molecule has 0 N–H and O–H groups in total. The average molecular weight is 301 g/mol. The molecule has 1 aliphatic carbocycles. The number of hydrogen-bond donors (Lipinski definition) is 0. The first-order valence-corrected chi connectivity index (χ1v) is 9.04. The summed E-state index contributed by atoms with van der Waals surface area (Å²) in [6.07, 6.45) is 6.79. The summed E-state index contributed by atoms with van der Waals surface area (Å²) in [6, 6.07) is 9.41. The van der Waals surface area contributed by atoms with Crippen LogP contribution in [0.1, 0.15) is 57.4 Å². The second-order valence-corrected chi connectivity index (χ2v) is 7.62. The van der Waals surface area contributed by atoms with Gasteiger partial charge in [-0.1, -0.05) is 32.0 Å². The van der Waals surface area contributed by atoms with Crippen molar-refractivity contribution in [2.24, 2.45) is 11.8 Å². The van der Waals surface area contributed by atoms with E-state index in [0.717, 1.165) is 23.6 Å². The van der Waals surface area contributed by atoms with E-state index in [-0.39, 0.29) is 0 Å². The SMILES string of the molecule is COc1ccccc1C1CCN(C2C[C@@H](C)C[C@H](C)C2)CC1. The van der Waals surface area contributed by atoms with Gasteiger partial charge in [0, 0.05) is 6.04 Å². The molecule has 0 unspecified atom stereocenters. The number of ether oxygens (including phenoxy) is 1. The summed E-state index contributed by atoms with van der Waals surface area (Å²) in [4.78, 5) is 2.78. The van der Waals surface area contributed by atoms with E-state index in [1.807, 2.05) is 0 Å². The van der Waals surface area contributed by atoms with Crippen molar-refractivity contribution < 1.29 is 4.74 Å². The van der Waals surface area contributed by atoms with Crippen molar-refractivity contribution in [1.29, 1.82) is 0 Å². The standard InChI is InChI=1S/C20H31NO/c1-15-12-16(2)14-18(13-15)21-10-8-17(9-11-21)19-6-4-5-7-20(19)22-3/h4-7,15-18H,8-14H2,1-3H3/t15-,16-/m0/s1. The first-order valence-electron chi connectivity index (χ1n) is 9.04. The van der Waals surface area contributed by atoms with E-state index in [2.05, 4.69) is 43.0 Å². The van der Waals surface area contributed by atoms with Crippen LogP contribution in [0, 0.1) is 11.8 Å². The lowest BCUT2D eigenvalue weighted by Gasteiger charge is -2.42. The molecule has 0 amide bonds. The number of piperidine rings is 1. The van der Waals surface area contributed by atoms with Gasteiger partial charge >= 0.3 is 0 Å². The normalized spacial score (nSPS) is 31.1. The van der Waals surface area contributed by atoms with E-state index in [1.54, 1.807) is 7.11 Å². The molecule has 2 aliphatic rings. The third-order valence-electron chi connectivity index (χ3n) is 5.78. The molecule has 2 atom stereocenters. The lowest BCUT2D eigenvalue weighted by molar-refractivity contribution is 0.0858. The Kier molecular flexibility index (Phi) is 5.07. The van der Waals surface area contributed by atoms with Crippen LogP contribution in [0.2, 0.25) is 0 Å². The van der Waals surface area contributed by atoms with E-state index in [4.69, 9.17) is 4.74 Å². The first-order chi connectivity index (χ1) is 10.7. The van der Waals surface area contributed by atoms with E-state index in [0.29, 0.717) is 5.92 Å². The molecule has 2 heteroatoms. The van der Waals surface area contributed by atoms with Crippen molar-refractivity contribution >= 4 is 0 Å². The van der Waals surface area contributed by atoms with E-state index in [1.165, 1.54) is 50.8 Å². The van der Waals surface area contributed by atoms with Crippen LogP contribution < -0.4 is 4.74 Å². The average Bonchev–Trinajstić information content (AvgIpc) is 2.54. The van der Waals surface area contributed by atoms with Crippen molar-refractivity contribution in [2.45, 2.75) is 57.9 Å². The quantitative estimate of drug-likeness (QED) is 0.802. The third-order valence-corrected chi connectivity index (χ3v) is 5.78. The number of rotatable bonds is 3. The second-order valence-electron chi connectivity index (χ2n) is 7.62. The predicted molar refractivity (Wildman–Crippen MR) is 92.5 cm³/mol. The zero-order chi connectivity index (χ0) is 15.5. The number of methoxy groups -OCH3 is 1. The largest absolute Gasteiger partial charge is 0.496 e. The molecule has 1 aromatic carbocycles. The third kappa shape index (κ3) is 3.48. The van der Waals surface area contributed by atoms with Crippen molar-refractivity contribution in [2.75, 3.05) is 20.2 Å². The Morgan fingerprint density at radius 3 is 2.23 bits per heavy atom. The van der Waals surface area contributed by atoms with E-state index in [9.17, 15) is 0 Å². The smallest absolute Gasteiger partial charge is 0.122 e. The summed E-state index contributed by atoms with van der Waals surface area (Å²) in [7, 11) is 1.79. The van der Waals surface area contributed by atoms with Crippen LogP contribution >= 0.6 is 0 Å². The number of para-hydroxylation sites is 1. The highest BCUT2D eigenvalue weighted by Gasteiger charge is 2.31. The van der Waals surface area contributed by atoms with Gasteiger partial charge in [-0.25, -0.2) is 0 Å². The van der Waals surface area contributed by atoms with Crippen molar-refractivity contribution in [3.8, 4) is 5.75 Å². The molecule has 2 fully saturated rings. The fraction of sp³-hybridized carbons (Fsp3) is 0.700. The van der Waals surface area contributed by atoms with Gasteiger partial charge in [-0.05, 0) is 74.6 Å². The lowest BCUT2D eigenvalue weighted by atomic mass is 9.78. The maximum atomic E-state index is 5.56. The Bertz CT molecular complexity index is 468. The fourth-order valence-corrected chi connectivity index (χ4v) is 4.78. The van der Waals surface area contributed by atoms with Gasteiger partial charge in [-0.2, -0.15) is 0 Å². The van der Waals surface area contributed by atoms with Gasteiger partial charge in [0.2, 0.25) is 0 Å². The first kappa shape index (κ1) is 15.9. The number of likely N-dealkylation sites (tertiary alicyclic amines) is 1. The highest BCUT2D eigenvalue weighted by atomic mass is 16.5. The maximum Gasteiger partial charge on any atom is 0.122 e. The molecule has 1 heterocycles. The number of nitrogens with zero attached hydrogens (tertiary/aromatic N) is 1. The zero-order valence-electron chi connectivity index (χ0n) is 14.4. The molecule has 1 saturated carbocycles. The second kappa shape index (κ2) is 7.04. The zero-order valence-corrected chi connectivity index (χ0v) is 14.4. The fourth-order valence-electron chi connectivity index (χ4n) is 4.78. The molecule has 2 nitrogen and oxygen atoms in total. The maximum absolute atomic E-state index is 5.56. The van der Waals surface area contributed by atoms with Crippen LogP contribution in [0.25, 0.3) is 0 Å². The minimum atomic E-state index is 0.672. The van der Waals surface area contributed by atoms with Crippen LogP contribution in [-0.2, 0) is 0 Å². The van der Waals surface area contributed by atoms with Crippen molar-refractivity contribution in [1.82, 2.24) is 4.90 Å². The van der Waals surface area contributed by atoms with Crippen LogP contribution in [0.4, 0.5) is 0 Å². The Labute approximate surface area is 135 Å². The molecule has 122 valence electrons. The Morgan fingerprint density at radius 2 is 1.59 bits per heavy atom. The van der Waals surface area contributed by atoms with Gasteiger partial charge in [0.15, 0.2) is 0 Å². The predicted octanol–water partition coefficient (Wildman–Crippen LogP) is 4.70. The lowest BCUT2D eigenvalue weighted by Crippen LogP contribution is -2.44. The molecule has 0 radical (unpaired) electrons. The molecule has 1 aliphatic heterocycles. The highest BCUT2D eigenvalue weighted by Crippen LogP contribution is 2.37. The molecule has 1 aromatic rings. The highest BCUT2D eigenvalue weighted by molar-refractivity contribution is 5.36. The molecule has 22 heavy (non-hydrogen) atoms. The van der Waals surface area contributed by atoms with Gasteiger partial charge in [-0.15, -0.1) is 0 Å². The number of benzene rings is 1. The monoisotopic (exact) mass is 301 g/mol. The van der Waals surface area contributed by atoms with Crippen molar-refractivity contribution in [3.05, 3.63) is 29.8 Å². The summed E-state index contributed by atoms with van der Waals surface area (Å²) in [6.45, 7) is 7.38. The minimum Gasteiger partial charge on any atom is -0.496 e. The van der Waals surface area contributed by atoms with Gasteiger partial charge < -0.3 is 9.64 Å². The van der Waals surface area contributed by atoms with Crippen LogP contribution in [0.3, 0.4) is 0 Å². The van der Waals surface area contributed by atoms with Crippen LogP contribution in [0.15, 0.2) is 24.3 Å². The molecule has 1 saturated heterocycles. The van der Waals surface area contributed by atoms with E-state index < -0.39 is 0 Å². The summed E-state index contributed by atoms with van der Waals surface area (Å²) in [5, 5.41) is 0.